The van der Waals surface area contributed by atoms with Crippen LogP contribution in [-0.2, 0) is 4.79 Å². The number of nitrogens with one attached hydrogen (secondary N) is 1. The Balaban J connectivity index is 2.05. The van der Waals surface area contributed by atoms with Crippen LogP contribution in [0.5, 0.6) is 0 Å². The van der Waals surface area contributed by atoms with Gasteiger partial charge >= 0.3 is 0 Å². The zero-order valence-electron chi connectivity index (χ0n) is 18.0. The molecule has 0 spiro atoms. The summed E-state index contributed by atoms with van der Waals surface area (Å²) < 4.78 is 13.4. The van der Waals surface area contributed by atoms with Crippen LogP contribution in [0.1, 0.15) is 50.9 Å². The van der Waals surface area contributed by atoms with Crippen molar-refractivity contribution in [3.05, 3.63) is 64.9 Å². The standard InChI is InChI=1S/C24H30ClFN2O2/c1-17(16-24(2,3)4)15-22(29)27-13-14-28(19-11-9-18(26)10-12-19)23(30)20-7-5-6-8-21(20)25/h5-12,17H,13-16H2,1-4H3,(H,27,29). The first-order chi connectivity index (χ1) is 14.1. The topological polar surface area (TPSA) is 49.4 Å². The maximum absolute atomic E-state index is 13.4. The number of amides is 2. The zero-order chi connectivity index (χ0) is 22.3. The molecule has 0 aromatic heterocycles. The highest BCUT2D eigenvalue weighted by molar-refractivity contribution is 6.34. The van der Waals surface area contributed by atoms with E-state index in [2.05, 4.69) is 33.0 Å². The van der Waals surface area contributed by atoms with Crippen LogP contribution in [0, 0.1) is 17.2 Å². The van der Waals surface area contributed by atoms with Gasteiger partial charge in [-0.1, -0.05) is 51.4 Å². The van der Waals surface area contributed by atoms with Crippen molar-refractivity contribution in [2.45, 2.75) is 40.5 Å². The number of benzene rings is 2. The van der Waals surface area contributed by atoms with Crippen LogP contribution in [0.3, 0.4) is 0 Å². The summed E-state index contributed by atoms with van der Waals surface area (Å²) >= 11 is 6.19. The summed E-state index contributed by atoms with van der Waals surface area (Å²) in [6.07, 6.45) is 1.39. The van der Waals surface area contributed by atoms with Gasteiger partial charge in [-0.3, -0.25) is 9.59 Å². The molecule has 0 aliphatic heterocycles. The maximum atomic E-state index is 13.4. The van der Waals surface area contributed by atoms with E-state index in [1.54, 1.807) is 24.3 Å². The van der Waals surface area contributed by atoms with Crippen molar-refractivity contribution in [2.24, 2.45) is 11.3 Å². The lowest BCUT2D eigenvalue weighted by atomic mass is 9.84. The fourth-order valence-electron chi connectivity index (χ4n) is 3.56. The summed E-state index contributed by atoms with van der Waals surface area (Å²) in [7, 11) is 0. The molecule has 2 aromatic rings. The number of anilines is 1. The van der Waals surface area contributed by atoms with E-state index < -0.39 is 0 Å². The molecule has 2 rings (SSSR count). The summed E-state index contributed by atoms with van der Waals surface area (Å²) in [6.45, 7) is 9.06. The molecule has 0 bridgehead atoms. The maximum Gasteiger partial charge on any atom is 0.259 e. The Bertz CT molecular complexity index is 862. The molecule has 2 amide bonds. The molecule has 0 aliphatic rings. The normalized spacial score (nSPS) is 12.3. The van der Waals surface area contributed by atoms with Gasteiger partial charge in [0, 0.05) is 25.2 Å². The van der Waals surface area contributed by atoms with Crippen molar-refractivity contribution in [1.29, 1.82) is 0 Å². The Labute approximate surface area is 183 Å². The molecule has 0 heterocycles. The third-order valence-electron chi connectivity index (χ3n) is 4.64. The van der Waals surface area contributed by atoms with Crippen molar-refractivity contribution >= 4 is 29.1 Å². The quantitative estimate of drug-likeness (QED) is 0.581. The van der Waals surface area contributed by atoms with Gasteiger partial charge in [-0.05, 0) is 54.2 Å². The minimum atomic E-state index is -0.384. The van der Waals surface area contributed by atoms with Gasteiger partial charge in [-0.15, -0.1) is 0 Å². The first kappa shape index (κ1) is 23.9. The summed E-state index contributed by atoms with van der Waals surface area (Å²) in [5.74, 6) is -0.466. The SMILES string of the molecule is CC(CC(=O)NCCN(C(=O)c1ccccc1Cl)c1ccc(F)cc1)CC(C)(C)C. The lowest BCUT2D eigenvalue weighted by Gasteiger charge is -2.25. The van der Waals surface area contributed by atoms with Gasteiger partial charge in [-0.25, -0.2) is 4.39 Å². The molecular weight excluding hydrogens is 403 g/mol. The molecule has 0 saturated heterocycles. The van der Waals surface area contributed by atoms with Crippen molar-refractivity contribution in [1.82, 2.24) is 5.32 Å². The van der Waals surface area contributed by atoms with Gasteiger partial charge in [0.05, 0.1) is 10.6 Å². The molecule has 4 nitrogen and oxygen atoms in total. The molecular formula is C24H30ClFN2O2. The van der Waals surface area contributed by atoms with E-state index in [0.29, 0.717) is 22.7 Å². The molecule has 1 atom stereocenters. The second-order valence-corrected chi connectivity index (χ2v) is 9.24. The van der Waals surface area contributed by atoms with Crippen LogP contribution in [0.2, 0.25) is 5.02 Å². The van der Waals surface area contributed by atoms with Gasteiger partial charge in [0.25, 0.3) is 5.91 Å². The Hall–Kier alpha value is -2.40. The summed E-state index contributed by atoms with van der Waals surface area (Å²) in [5.41, 5.74) is 1.06. The monoisotopic (exact) mass is 432 g/mol. The van der Waals surface area contributed by atoms with Gasteiger partial charge in [0.15, 0.2) is 0 Å². The summed E-state index contributed by atoms with van der Waals surface area (Å²) in [4.78, 5) is 26.9. The molecule has 1 unspecified atom stereocenters. The Morgan fingerprint density at radius 1 is 1.10 bits per heavy atom. The van der Waals surface area contributed by atoms with E-state index in [0.717, 1.165) is 6.42 Å². The second kappa shape index (κ2) is 10.6. The van der Waals surface area contributed by atoms with Gasteiger partial charge < -0.3 is 10.2 Å². The van der Waals surface area contributed by atoms with Crippen molar-refractivity contribution in [3.8, 4) is 0 Å². The number of hydrogen-bond donors (Lipinski definition) is 1. The molecule has 2 aromatic carbocycles. The first-order valence-corrected chi connectivity index (χ1v) is 10.5. The molecule has 0 fully saturated rings. The molecule has 6 heteroatoms. The lowest BCUT2D eigenvalue weighted by molar-refractivity contribution is -0.122. The number of hydrogen-bond acceptors (Lipinski definition) is 2. The number of nitrogens with zero attached hydrogens (tertiary/aromatic N) is 1. The van der Waals surface area contributed by atoms with Crippen molar-refractivity contribution in [3.63, 3.8) is 0 Å². The largest absolute Gasteiger partial charge is 0.354 e. The highest BCUT2D eigenvalue weighted by Crippen LogP contribution is 2.26. The van der Waals surface area contributed by atoms with Crippen LogP contribution >= 0.6 is 11.6 Å². The fourth-order valence-corrected chi connectivity index (χ4v) is 3.78. The lowest BCUT2D eigenvalue weighted by Crippen LogP contribution is -2.39. The van der Waals surface area contributed by atoms with Crippen LogP contribution in [-0.4, -0.2) is 24.9 Å². The fraction of sp³-hybridized carbons (Fsp3) is 0.417. The van der Waals surface area contributed by atoms with Gasteiger partial charge in [0.1, 0.15) is 5.82 Å². The summed E-state index contributed by atoms with van der Waals surface area (Å²) in [5, 5.41) is 3.23. The number of carbonyl (C=O) groups excluding carboxylic acids is 2. The zero-order valence-corrected chi connectivity index (χ0v) is 18.8. The minimum absolute atomic E-state index is 0.0454. The van der Waals surface area contributed by atoms with Crippen molar-refractivity contribution in [2.75, 3.05) is 18.0 Å². The van der Waals surface area contributed by atoms with Gasteiger partial charge in [-0.2, -0.15) is 0 Å². The molecule has 0 radical (unpaired) electrons. The van der Waals surface area contributed by atoms with Gasteiger partial charge in [0.2, 0.25) is 5.91 Å². The third-order valence-corrected chi connectivity index (χ3v) is 4.97. The predicted octanol–water partition coefficient (Wildman–Crippen LogP) is 5.70. The number of rotatable bonds is 8. The number of halogens is 2. The van der Waals surface area contributed by atoms with E-state index in [1.165, 1.54) is 29.2 Å². The van der Waals surface area contributed by atoms with Crippen LogP contribution < -0.4 is 10.2 Å². The van der Waals surface area contributed by atoms with E-state index in [-0.39, 0.29) is 42.1 Å². The molecule has 0 aliphatic carbocycles. The Kier molecular flexibility index (Phi) is 8.42. The van der Waals surface area contributed by atoms with E-state index in [4.69, 9.17) is 11.6 Å². The van der Waals surface area contributed by atoms with E-state index in [1.807, 2.05) is 0 Å². The van der Waals surface area contributed by atoms with Crippen LogP contribution in [0.25, 0.3) is 0 Å². The average Bonchev–Trinajstić information content (AvgIpc) is 2.64. The highest BCUT2D eigenvalue weighted by atomic mass is 35.5. The number of carbonyl (C=O) groups is 2. The summed E-state index contributed by atoms with van der Waals surface area (Å²) in [6, 6.07) is 12.5. The molecule has 30 heavy (non-hydrogen) atoms. The van der Waals surface area contributed by atoms with Crippen LogP contribution in [0.4, 0.5) is 10.1 Å². The third kappa shape index (κ3) is 7.45. The van der Waals surface area contributed by atoms with E-state index >= 15 is 0 Å². The second-order valence-electron chi connectivity index (χ2n) is 8.84. The molecule has 162 valence electrons. The Morgan fingerprint density at radius 3 is 2.33 bits per heavy atom. The first-order valence-electron chi connectivity index (χ1n) is 10.2. The minimum Gasteiger partial charge on any atom is -0.354 e. The Morgan fingerprint density at radius 2 is 1.73 bits per heavy atom. The average molecular weight is 433 g/mol. The smallest absolute Gasteiger partial charge is 0.259 e. The predicted molar refractivity (Wildman–Crippen MR) is 120 cm³/mol. The molecule has 0 saturated carbocycles. The molecule has 1 N–H and O–H groups in total. The van der Waals surface area contributed by atoms with Crippen molar-refractivity contribution < 1.29 is 14.0 Å². The van der Waals surface area contributed by atoms with Crippen LogP contribution in [0.15, 0.2) is 48.5 Å². The highest BCUT2D eigenvalue weighted by Gasteiger charge is 2.21. The van der Waals surface area contributed by atoms with E-state index in [9.17, 15) is 14.0 Å².